The fourth-order valence-corrected chi connectivity index (χ4v) is 9.34. The number of hydrogen-bond donors (Lipinski definition) is 0. The largest absolute Gasteiger partial charge is 4.00 e. The van der Waals surface area contributed by atoms with E-state index in [1.165, 1.54) is 71.3 Å². The van der Waals surface area contributed by atoms with Gasteiger partial charge >= 0.3 is 25.8 Å². The van der Waals surface area contributed by atoms with Gasteiger partial charge in [-0.3, -0.25) is 0 Å². The Kier molecular flexibility index (Phi) is 11.2. The molecule has 6 rings (SSSR count). The van der Waals surface area contributed by atoms with E-state index in [0.717, 1.165) is 0 Å². The minimum atomic E-state index is -1.95. The maximum absolute atomic E-state index is 2.56. The molecule has 0 N–H and O–H groups in total. The second-order valence-electron chi connectivity index (χ2n) is 12.4. The normalized spacial score (nSPS) is 11.4. The Morgan fingerprint density at radius 3 is 1.35 bits per heavy atom. The van der Waals surface area contributed by atoms with Crippen LogP contribution in [0.25, 0.3) is 43.8 Å². The monoisotopic (exact) mass is 746 g/mol. The van der Waals surface area contributed by atoms with Crippen LogP contribution >= 0.6 is 0 Å². The zero-order valence-electron chi connectivity index (χ0n) is 27.3. The van der Waals surface area contributed by atoms with Crippen LogP contribution in [-0.2, 0) is 25.8 Å². The molecule has 0 heterocycles. The molecule has 43 heavy (non-hydrogen) atoms. The molecule has 0 aromatic heterocycles. The predicted molar refractivity (Wildman–Crippen MR) is 192 cm³/mol. The molecule has 0 spiro atoms. The van der Waals surface area contributed by atoms with E-state index in [-0.39, 0.29) is 40.7 Å². The molecule has 0 aliphatic heterocycles. The van der Waals surface area contributed by atoms with Crippen molar-refractivity contribution in [3.8, 4) is 22.3 Å². The van der Waals surface area contributed by atoms with Crippen molar-refractivity contribution in [1.82, 2.24) is 0 Å². The van der Waals surface area contributed by atoms with Crippen molar-refractivity contribution in [2.45, 2.75) is 59.0 Å². The standard InChI is InChI=1S/C39H40Si.2CH3.Hf/c1-7-40(6,34-22-32-16-10-18-36(38(32)24-34)30-14-8-12-28(20-30)26(2)3)35-23-33-17-11-19-37(39(33)25-35)31-15-9-13-29(21-31)27(4)5;;;/h8-27H,7H2,1-6H3;2*1H3;/q-2;2*-1;+4. The summed E-state index contributed by atoms with van der Waals surface area (Å²) in [5, 5.41) is 8.56. The summed E-state index contributed by atoms with van der Waals surface area (Å²) in [7, 11) is -1.95. The molecule has 0 radical (unpaired) electrons. The Balaban J connectivity index is 0.00000169. The third-order valence-corrected chi connectivity index (χ3v) is 13.8. The van der Waals surface area contributed by atoms with E-state index in [9.17, 15) is 0 Å². The van der Waals surface area contributed by atoms with Gasteiger partial charge in [-0.1, -0.05) is 119 Å². The van der Waals surface area contributed by atoms with Crippen LogP contribution in [0.3, 0.4) is 0 Å². The van der Waals surface area contributed by atoms with E-state index < -0.39 is 8.07 Å². The molecule has 2 heteroatoms. The number of rotatable bonds is 7. The predicted octanol–water partition coefficient (Wildman–Crippen LogP) is 11.1. The molecule has 0 saturated heterocycles. The van der Waals surface area contributed by atoms with Gasteiger partial charge in [0.2, 0.25) is 0 Å². The van der Waals surface area contributed by atoms with E-state index in [1.54, 1.807) is 0 Å². The fourth-order valence-electron chi connectivity index (χ4n) is 6.32. The minimum Gasteiger partial charge on any atom is -0.358 e. The van der Waals surface area contributed by atoms with Gasteiger partial charge in [0.05, 0.1) is 8.07 Å². The Labute approximate surface area is 280 Å². The first kappa shape index (κ1) is 34.7. The molecule has 6 aromatic carbocycles. The summed E-state index contributed by atoms with van der Waals surface area (Å²) in [6.07, 6.45) is 0. The average molecular weight is 745 g/mol. The Morgan fingerprint density at radius 1 is 0.581 bits per heavy atom. The number of fused-ring (bicyclic) bond motifs is 2. The third-order valence-electron chi connectivity index (χ3n) is 9.21. The molecule has 0 saturated carbocycles. The zero-order valence-corrected chi connectivity index (χ0v) is 31.8. The van der Waals surface area contributed by atoms with Crippen LogP contribution in [0.2, 0.25) is 12.6 Å². The van der Waals surface area contributed by atoms with E-state index in [0.29, 0.717) is 11.8 Å². The second-order valence-corrected chi connectivity index (χ2v) is 16.9. The van der Waals surface area contributed by atoms with Crippen molar-refractivity contribution in [3.05, 3.63) is 135 Å². The van der Waals surface area contributed by atoms with Crippen LogP contribution in [0.1, 0.15) is 57.6 Å². The van der Waals surface area contributed by atoms with Crippen molar-refractivity contribution < 1.29 is 25.8 Å². The van der Waals surface area contributed by atoms with Crippen LogP contribution in [0.4, 0.5) is 0 Å². The molecular weight excluding hydrogens is 699 g/mol. The molecule has 218 valence electrons. The Bertz CT molecular complexity index is 1680. The Morgan fingerprint density at radius 2 is 0.977 bits per heavy atom. The maximum Gasteiger partial charge on any atom is 4.00 e. The number of hydrogen-bond acceptors (Lipinski definition) is 0. The van der Waals surface area contributed by atoms with Gasteiger partial charge in [-0.25, -0.2) is 0 Å². The summed E-state index contributed by atoms with van der Waals surface area (Å²) in [5.41, 5.74) is 8.12. The molecule has 0 amide bonds. The SMILES string of the molecule is CC[Si](C)(c1cc2c(-c3cccc(C(C)C)c3)cccc2[cH-]1)c1cc2c(-c3cccc(C(C)C)c3)cccc2[cH-]1.[CH3-].[CH3-].[Hf+4]. The van der Waals surface area contributed by atoms with Gasteiger partial charge in [-0.15, -0.1) is 68.3 Å². The van der Waals surface area contributed by atoms with E-state index >= 15 is 0 Å². The zero-order chi connectivity index (χ0) is 28.0. The van der Waals surface area contributed by atoms with Crippen LogP contribution in [0.5, 0.6) is 0 Å². The van der Waals surface area contributed by atoms with E-state index in [1.807, 2.05) is 0 Å². The van der Waals surface area contributed by atoms with Crippen molar-refractivity contribution in [1.29, 1.82) is 0 Å². The van der Waals surface area contributed by atoms with E-state index in [4.69, 9.17) is 0 Å². The molecular formula is C41H46HfSi. The van der Waals surface area contributed by atoms with Gasteiger partial charge in [0.15, 0.2) is 0 Å². The van der Waals surface area contributed by atoms with Crippen LogP contribution < -0.4 is 10.4 Å². The smallest absolute Gasteiger partial charge is 0.358 e. The molecule has 0 fully saturated rings. The van der Waals surface area contributed by atoms with Crippen molar-refractivity contribution in [2.24, 2.45) is 0 Å². The van der Waals surface area contributed by atoms with Gasteiger partial charge in [0.1, 0.15) is 0 Å². The summed E-state index contributed by atoms with van der Waals surface area (Å²) in [5.74, 6) is 1.05. The summed E-state index contributed by atoms with van der Waals surface area (Å²) in [6, 6.07) is 43.0. The van der Waals surface area contributed by atoms with Crippen molar-refractivity contribution in [2.75, 3.05) is 0 Å². The molecule has 0 aliphatic carbocycles. The van der Waals surface area contributed by atoms with Gasteiger partial charge in [0.25, 0.3) is 0 Å². The first-order valence-electron chi connectivity index (χ1n) is 14.9. The van der Waals surface area contributed by atoms with E-state index in [2.05, 4.69) is 150 Å². The first-order valence-corrected chi connectivity index (χ1v) is 17.6. The van der Waals surface area contributed by atoms with Crippen LogP contribution in [0, 0.1) is 14.9 Å². The molecule has 0 unspecified atom stereocenters. The van der Waals surface area contributed by atoms with Crippen LogP contribution in [-0.4, -0.2) is 8.07 Å². The third kappa shape index (κ3) is 6.38. The topological polar surface area (TPSA) is 0 Å². The molecule has 0 bridgehead atoms. The minimum absolute atomic E-state index is 0. The van der Waals surface area contributed by atoms with Gasteiger partial charge in [-0.2, -0.15) is 12.1 Å². The van der Waals surface area contributed by atoms with Crippen molar-refractivity contribution in [3.63, 3.8) is 0 Å². The second kappa shape index (κ2) is 13.9. The summed E-state index contributed by atoms with van der Waals surface area (Å²) < 4.78 is 0. The number of benzene rings is 4. The molecule has 0 nitrogen and oxygen atoms in total. The summed E-state index contributed by atoms with van der Waals surface area (Å²) in [6.45, 7) is 14.0. The molecule has 0 aliphatic rings. The first-order chi connectivity index (χ1) is 19.3. The van der Waals surface area contributed by atoms with Gasteiger partial charge in [0, 0.05) is 0 Å². The summed E-state index contributed by atoms with van der Waals surface area (Å²) >= 11 is 0. The maximum atomic E-state index is 2.56. The van der Waals surface area contributed by atoms with Gasteiger partial charge < -0.3 is 14.9 Å². The average Bonchev–Trinajstić information content (AvgIpc) is 3.62. The molecule has 0 atom stereocenters. The quantitative estimate of drug-likeness (QED) is 0.113. The Hall–Kier alpha value is -2.81. The fraction of sp³-hybridized carbons (Fsp3) is 0.220. The molecule has 6 aromatic rings. The van der Waals surface area contributed by atoms with Crippen molar-refractivity contribution >= 4 is 40.0 Å². The van der Waals surface area contributed by atoms with Crippen LogP contribution in [0.15, 0.2) is 109 Å². The van der Waals surface area contributed by atoms with Gasteiger partial charge in [-0.05, 0) is 34.1 Å². The summed E-state index contributed by atoms with van der Waals surface area (Å²) in [4.78, 5) is 0.